The standard InChI is InChI=1S/C17H14N2O2/c1-21-13-6-7-14-15(9-13)18-10-12-8-11-4-2-3-5-16(11)19(12)17(14)20/h2-7,9-10,12H,8H2,1H3/t12-/m0/s1. The highest BCUT2D eigenvalue weighted by atomic mass is 16.5. The van der Waals surface area contributed by atoms with E-state index in [9.17, 15) is 4.79 Å². The number of nitrogens with zero attached hydrogens (tertiary/aromatic N) is 2. The Bertz CT molecular complexity index is 767. The van der Waals surface area contributed by atoms with E-state index in [-0.39, 0.29) is 11.9 Å². The van der Waals surface area contributed by atoms with E-state index in [1.165, 1.54) is 5.56 Å². The molecule has 1 amide bonds. The lowest BCUT2D eigenvalue weighted by Gasteiger charge is -2.21. The van der Waals surface area contributed by atoms with Crippen LogP contribution in [0.15, 0.2) is 47.5 Å². The Balaban J connectivity index is 1.85. The van der Waals surface area contributed by atoms with Gasteiger partial charge in [-0.15, -0.1) is 0 Å². The Labute approximate surface area is 122 Å². The summed E-state index contributed by atoms with van der Waals surface area (Å²) >= 11 is 0. The number of anilines is 1. The minimum atomic E-state index is -0.00621. The van der Waals surface area contributed by atoms with Crippen molar-refractivity contribution in [2.24, 2.45) is 4.99 Å². The van der Waals surface area contributed by atoms with Crippen molar-refractivity contribution in [3.8, 4) is 5.75 Å². The Morgan fingerprint density at radius 1 is 1.24 bits per heavy atom. The van der Waals surface area contributed by atoms with Gasteiger partial charge >= 0.3 is 0 Å². The molecule has 0 fully saturated rings. The molecule has 0 aromatic heterocycles. The number of rotatable bonds is 1. The fourth-order valence-electron chi connectivity index (χ4n) is 3.02. The molecule has 1 atom stereocenters. The quantitative estimate of drug-likeness (QED) is 0.804. The van der Waals surface area contributed by atoms with Crippen LogP contribution in [0.5, 0.6) is 5.75 Å². The lowest BCUT2D eigenvalue weighted by molar-refractivity contribution is 0.0987. The van der Waals surface area contributed by atoms with Gasteiger partial charge < -0.3 is 4.74 Å². The SMILES string of the molecule is COc1ccc2c(c1)N=C[C@@H]1Cc3ccccc3N1C2=O. The van der Waals surface area contributed by atoms with Crippen LogP contribution in [0.4, 0.5) is 11.4 Å². The van der Waals surface area contributed by atoms with Gasteiger partial charge in [0.1, 0.15) is 5.75 Å². The van der Waals surface area contributed by atoms with Crippen LogP contribution in [-0.4, -0.2) is 25.3 Å². The van der Waals surface area contributed by atoms with Crippen LogP contribution in [0.3, 0.4) is 0 Å². The van der Waals surface area contributed by atoms with E-state index in [4.69, 9.17) is 4.74 Å². The van der Waals surface area contributed by atoms with Crippen molar-refractivity contribution in [2.45, 2.75) is 12.5 Å². The second-order valence-corrected chi connectivity index (χ2v) is 5.24. The number of hydrogen-bond donors (Lipinski definition) is 0. The summed E-state index contributed by atoms with van der Waals surface area (Å²) in [7, 11) is 1.61. The van der Waals surface area contributed by atoms with E-state index in [0.717, 1.165) is 12.1 Å². The lowest BCUT2D eigenvalue weighted by Crippen LogP contribution is -2.37. The maximum Gasteiger partial charge on any atom is 0.261 e. The van der Waals surface area contributed by atoms with Gasteiger partial charge in [-0.1, -0.05) is 18.2 Å². The Morgan fingerprint density at radius 2 is 2.10 bits per heavy atom. The highest BCUT2D eigenvalue weighted by Gasteiger charge is 2.35. The van der Waals surface area contributed by atoms with Crippen LogP contribution >= 0.6 is 0 Å². The molecule has 21 heavy (non-hydrogen) atoms. The molecular weight excluding hydrogens is 264 g/mol. The molecule has 0 N–H and O–H groups in total. The number of aliphatic imine (C=N–C) groups is 1. The molecule has 0 aliphatic carbocycles. The molecule has 2 aromatic rings. The molecule has 2 heterocycles. The van der Waals surface area contributed by atoms with E-state index in [2.05, 4.69) is 11.1 Å². The Morgan fingerprint density at radius 3 is 2.95 bits per heavy atom. The first kappa shape index (κ1) is 12.1. The maximum atomic E-state index is 12.9. The van der Waals surface area contributed by atoms with Crippen LogP contribution < -0.4 is 9.64 Å². The first-order valence-electron chi connectivity index (χ1n) is 6.91. The summed E-state index contributed by atoms with van der Waals surface area (Å²) in [6.45, 7) is 0. The molecule has 0 bridgehead atoms. The van der Waals surface area contributed by atoms with Gasteiger partial charge in [0.15, 0.2) is 0 Å². The van der Waals surface area contributed by atoms with E-state index < -0.39 is 0 Å². The third-order valence-corrected chi connectivity index (χ3v) is 4.05. The topological polar surface area (TPSA) is 41.9 Å². The molecule has 0 radical (unpaired) electrons. The molecule has 4 nitrogen and oxygen atoms in total. The summed E-state index contributed by atoms with van der Waals surface area (Å²) in [5.74, 6) is 0.710. The highest BCUT2D eigenvalue weighted by molar-refractivity contribution is 6.14. The zero-order chi connectivity index (χ0) is 14.4. The summed E-state index contributed by atoms with van der Waals surface area (Å²) in [5, 5.41) is 0. The van der Waals surface area contributed by atoms with Crippen molar-refractivity contribution in [3.05, 3.63) is 53.6 Å². The summed E-state index contributed by atoms with van der Waals surface area (Å²) < 4.78 is 5.21. The number of carbonyl (C=O) groups is 1. The van der Waals surface area contributed by atoms with Crippen LogP contribution in [0.1, 0.15) is 15.9 Å². The number of carbonyl (C=O) groups excluding carboxylic acids is 1. The minimum Gasteiger partial charge on any atom is -0.497 e. The van der Waals surface area contributed by atoms with Crippen molar-refractivity contribution < 1.29 is 9.53 Å². The van der Waals surface area contributed by atoms with Crippen molar-refractivity contribution in [1.82, 2.24) is 0 Å². The number of benzene rings is 2. The second-order valence-electron chi connectivity index (χ2n) is 5.24. The predicted molar refractivity (Wildman–Crippen MR) is 81.9 cm³/mol. The van der Waals surface area contributed by atoms with Gasteiger partial charge in [0.25, 0.3) is 5.91 Å². The van der Waals surface area contributed by atoms with E-state index >= 15 is 0 Å². The summed E-state index contributed by atoms with van der Waals surface area (Å²) in [6, 6.07) is 13.4. The van der Waals surface area contributed by atoms with E-state index in [0.29, 0.717) is 17.0 Å². The van der Waals surface area contributed by atoms with Gasteiger partial charge in [-0.25, -0.2) is 0 Å². The van der Waals surface area contributed by atoms with Crippen molar-refractivity contribution in [2.75, 3.05) is 12.0 Å². The fourth-order valence-corrected chi connectivity index (χ4v) is 3.02. The number of methoxy groups -OCH3 is 1. The van der Waals surface area contributed by atoms with Crippen molar-refractivity contribution in [3.63, 3.8) is 0 Å². The van der Waals surface area contributed by atoms with Crippen LogP contribution in [-0.2, 0) is 6.42 Å². The second kappa shape index (κ2) is 4.45. The lowest BCUT2D eigenvalue weighted by atomic mass is 10.1. The highest BCUT2D eigenvalue weighted by Crippen LogP contribution is 2.37. The number of fused-ring (bicyclic) bond motifs is 4. The third-order valence-electron chi connectivity index (χ3n) is 4.05. The third kappa shape index (κ3) is 1.76. The Kier molecular flexibility index (Phi) is 2.57. The van der Waals surface area contributed by atoms with Gasteiger partial charge in [0, 0.05) is 24.4 Å². The molecule has 0 spiro atoms. The van der Waals surface area contributed by atoms with Gasteiger partial charge in [-0.05, 0) is 23.8 Å². The van der Waals surface area contributed by atoms with Gasteiger partial charge in [0.05, 0.1) is 24.4 Å². The predicted octanol–water partition coefficient (Wildman–Crippen LogP) is 2.98. The molecular formula is C17H14N2O2. The molecule has 4 rings (SSSR count). The molecule has 2 aliphatic rings. The summed E-state index contributed by atoms with van der Waals surface area (Å²) in [5.41, 5.74) is 3.47. The van der Waals surface area contributed by atoms with Crippen LogP contribution in [0, 0.1) is 0 Å². The molecule has 0 unspecified atom stereocenters. The Hall–Kier alpha value is -2.62. The molecule has 104 valence electrons. The van der Waals surface area contributed by atoms with Crippen LogP contribution in [0.2, 0.25) is 0 Å². The summed E-state index contributed by atoms with van der Waals surface area (Å²) in [6.07, 6.45) is 2.68. The van der Waals surface area contributed by atoms with Crippen molar-refractivity contribution in [1.29, 1.82) is 0 Å². The summed E-state index contributed by atoms with van der Waals surface area (Å²) in [4.78, 5) is 19.2. The van der Waals surface area contributed by atoms with E-state index in [1.807, 2.05) is 29.3 Å². The molecule has 0 saturated carbocycles. The zero-order valence-electron chi connectivity index (χ0n) is 11.6. The van der Waals surface area contributed by atoms with Gasteiger partial charge in [0.2, 0.25) is 0 Å². The van der Waals surface area contributed by atoms with E-state index in [1.54, 1.807) is 25.3 Å². The first-order chi connectivity index (χ1) is 10.3. The number of amides is 1. The van der Waals surface area contributed by atoms with Gasteiger partial charge in [-0.3, -0.25) is 14.7 Å². The number of para-hydroxylation sites is 1. The number of hydrogen-bond acceptors (Lipinski definition) is 3. The monoisotopic (exact) mass is 278 g/mol. The molecule has 2 aliphatic heterocycles. The zero-order valence-corrected chi connectivity index (χ0v) is 11.6. The van der Waals surface area contributed by atoms with Crippen LogP contribution in [0.25, 0.3) is 0 Å². The van der Waals surface area contributed by atoms with Crippen molar-refractivity contribution >= 4 is 23.5 Å². The maximum absolute atomic E-state index is 12.9. The average molecular weight is 278 g/mol. The minimum absolute atomic E-state index is 0.0000954. The average Bonchev–Trinajstić information content (AvgIpc) is 2.84. The first-order valence-corrected chi connectivity index (χ1v) is 6.91. The normalized spacial score (nSPS) is 18.8. The molecule has 2 aromatic carbocycles. The molecule has 0 saturated heterocycles. The molecule has 4 heteroatoms. The fraction of sp³-hybridized carbons (Fsp3) is 0.176. The van der Waals surface area contributed by atoms with Gasteiger partial charge in [-0.2, -0.15) is 0 Å². The largest absolute Gasteiger partial charge is 0.497 e. The number of ether oxygens (including phenoxy) is 1. The smallest absolute Gasteiger partial charge is 0.261 e.